The molecule has 1 aliphatic rings. The highest BCUT2D eigenvalue weighted by Gasteiger charge is 2.31. The van der Waals surface area contributed by atoms with Crippen LogP contribution in [0.4, 0.5) is 0 Å². The van der Waals surface area contributed by atoms with Crippen LogP contribution in [0.25, 0.3) is 10.4 Å². The van der Waals surface area contributed by atoms with Crippen molar-refractivity contribution >= 4 is 5.97 Å². The summed E-state index contributed by atoms with van der Waals surface area (Å²) in [4.78, 5) is 14.7. The molecule has 2 rings (SSSR count). The number of carbonyl (C=O) groups excluding carboxylic acids is 1. The highest BCUT2D eigenvalue weighted by molar-refractivity contribution is 5.70. The normalized spacial score (nSPS) is 22.9. The number of hydrogen-bond acceptors (Lipinski definition) is 5. The minimum Gasteiger partial charge on any atom is -0.463 e. The lowest BCUT2D eigenvalue weighted by Crippen LogP contribution is -2.34. The molecule has 1 aliphatic heterocycles. The molecule has 1 fully saturated rings. The van der Waals surface area contributed by atoms with Crippen LogP contribution in [-0.4, -0.2) is 30.8 Å². The van der Waals surface area contributed by atoms with Gasteiger partial charge in [0.05, 0.1) is 24.7 Å². The van der Waals surface area contributed by atoms with Crippen LogP contribution >= 0.6 is 0 Å². The molecule has 0 N–H and O–H groups in total. The van der Waals surface area contributed by atoms with E-state index in [-0.39, 0.29) is 30.7 Å². The Labute approximate surface area is 159 Å². The predicted molar refractivity (Wildman–Crippen MR) is 102 cm³/mol. The van der Waals surface area contributed by atoms with Crippen LogP contribution in [0.15, 0.2) is 59.8 Å². The van der Waals surface area contributed by atoms with Crippen molar-refractivity contribution in [2.45, 2.75) is 51.3 Å². The Morgan fingerprint density at radius 1 is 1.33 bits per heavy atom. The lowest BCUT2D eigenvalue weighted by molar-refractivity contribution is -0.239. The SMILES string of the molecule is CC(C)OC(=O)C[C@H]1C[C@@H](/C=C/C=C/CN=[N+]=[N-])OC(c2ccccc2)O1. The molecular formula is C20H25N3O4. The molecule has 7 nitrogen and oxygen atoms in total. The van der Waals surface area contributed by atoms with E-state index in [1.54, 1.807) is 12.2 Å². The molecule has 1 saturated heterocycles. The molecule has 1 aromatic rings. The second-order valence-electron chi connectivity index (χ2n) is 6.38. The molecule has 1 heterocycles. The number of carbonyl (C=O) groups is 1. The van der Waals surface area contributed by atoms with Crippen molar-refractivity contribution in [1.82, 2.24) is 0 Å². The molecule has 0 spiro atoms. The zero-order valence-corrected chi connectivity index (χ0v) is 15.6. The summed E-state index contributed by atoms with van der Waals surface area (Å²) in [6.45, 7) is 3.94. The summed E-state index contributed by atoms with van der Waals surface area (Å²) < 4.78 is 17.2. The van der Waals surface area contributed by atoms with Crippen molar-refractivity contribution in [1.29, 1.82) is 0 Å². The first-order valence-electron chi connectivity index (χ1n) is 8.98. The fraction of sp³-hybridized carbons (Fsp3) is 0.450. The summed E-state index contributed by atoms with van der Waals surface area (Å²) in [5, 5.41) is 3.43. The average molecular weight is 371 g/mol. The van der Waals surface area contributed by atoms with Gasteiger partial charge in [0.15, 0.2) is 6.29 Å². The van der Waals surface area contributed by atoms with Crippen molar-refractivity contribution in [2.75, 3.05) is 6.54 Å². The first kappa shape index (κ1) is 20.7. The van der Waals surface area contributed by atoms with Gasteiger partial charge < -0.3 is 14.2 Å². The van der Waals surface area contributed by atoms with Gasteiger partial charge >= 0.3 is 5.97 Å². The Balaban J connectivity index is 2.04. The van der Waals surface area contributed by atoms with Crippen LogP contribution in [-0.2, 0) is 19.0 Å². The Kier molecular flexibility index (Phi) is 8.58. The van der Waals surface area contributed by atoms with Crippen LogP contribution in [0.2, 0.25) is 0 Å². The smallest absolute Gasteiger partial charge is 0.308 e. The van der Waals surface area contributed by atoms with Gasteiger partial charge in [0, 0.05) is 23.4 Å². The van der Waals surface area contributed by atoms with Gasteiger partial charge in [-0.2, -0.15) is 0 Å². The maximum absolute atomic E-state index is 12.0. The van der Waals surface area contributed by atoms with E-state index in [1.807, 2.05) is 56.3 Å². The maximum atomic E-state index is 12.0. The number of rotatable bonds is 8. The van der Waals surface area contributed by atoms with Crippen LogP contribution in [0.5, 0.6) is 0 Å². The van der Waals surface area contributed by atoms with Crippen LogP contribution in [0.1, 0.15) is 38.5 Å². The van der Waals surface area contributed by atoms with Crippen molar-refractivity contribution in [3.63, 3.8) is 0 Å². The van der Waals surface area contributed by atoms with E-state index in [2.05, 4.69) is 10.0 Å². The molecule has 0 bridgehead atoms. The zero-order valence-electron chi connectivity index (χ0n) is 15.6. The highest BCUT2D eigenvalue weighted by atomic mass is 16.7. The monoisotopic (exact) mass is 371 g/mol. The van der Waals surface area contributed by atoms with E-state index in [9.17, 15) is 4.79 Å². The topological polar surface area (TPSA) is 93.5 Å². The van der Waals surface area contributed by atoms with Gasteiger partial charge in [0.1, 0.15) is 0 Å². The van der Waals surface area contributed by atoms with Crippen molar-refractivity contribution < 1.29 is 19.0 Å². The number of allylic oxidation sites excluding steroid dienone is 2. The molecule has 0 radical (unpaired) electrons. The number of ether oxygens (including phenoxy) is 3. The van der Waals surface area contributed by atoms with Crippen molar-refractivity contribution in [3.8, 4) is 0 Å². The molecule has 0 aliphatic carbocycles. The van der Waals surface area contributed by atoms with Crippen LogP contribution < -0.4 is 0 Å². The Bertz CT molecular complexity index is 696. The second-order valence-corrected chi connectivity index (χ2v) is 6.38. The summed E-state index contributed by atoms with van der Waals surface area (Å²) in [6, 6.07) is 9.62. The molecular weight excluding hydrogens is 346 g/mol. The van der Waals surface area contributed by atoms with Gasteiger partial charge in [-0.1, -0.05) is 59.8 Å². The third kappa shape index (κ3) is 7.66. The summed E-state index contributed by atoms with van der Waals surface area (Å²) in [5.41, 5.74) is 9.15. The standard InChI is InChI=1S/C20H25N3O4/c1-15(2)25-19(24)14-18-13-17(11-7-4-8-12-22-23-21)26-20(27-18)16-9-5-3-6-10-16/h3-11,15,17-18,20H,12-14H2,1-2H3/b8-4+,11-7+/t17-,18-,20?/m1/s1. The van der Waals surface area contributed by atoms with Gasteiger partial charge in [-0.15, -0.1) is 0 Å². The molecule has 0 aromatic heterocycles. The lowest BCUT2D eigenvalue weighted by Gasteiger charge is -2.34. The van der Waals surface area contributed by atoms with E-state index in [1.165, 1.54) is 0 Å². The van der Waals surface area contributed by atoms with E-state index in [0.29, 0.717) is 13.0 Å². The Morgan fingerprint density at radius 3 is 2.81 bits per heavy atom. The van der Waals surface area contributed by atoms with E-state index in [0.717, 1.165) is 5.56 Å². The molecule has 27 heavy (non-hydrogen) atoms. The highest BCUT2D eigenvalue weighted by Crippen LogP contribution is 2.31. The molecule has 1 unspecified atom stereocenters. The van der Waals surface area contributed by atoms with E-state index < -0.39 is 6.29 Å². The fourth-order valence-electron chi connectivity index (χ4n) is 2.67. The minimum atomic E-state index is -0.543. The zero-order chi connectivity index (χ0) is 19.5. The third-order valence-electron chi connectivity index (χ3n) is 3.77. The summed E-state index contributed by atoms with van der Waals surface area (Å²) in [5.74, 6) is -0.277. The first-order chi connectivity index (χ1) is 13.1. The van der Waals surface area contributed by atoms with Crippen LogP contribution in [0.3, 0.4) is 0 Å². The largest absolute Gasteiger partial charge is 0.463 e. The number of azide groups is 1. The van der Waals surface area contributed by atoms with Gasteiger partial charge in [0.2, 0.25) is 0 Å². The summed E-state index contributed by atoms with van der Waals surface area (Å²) in [6.07, 6.45) is 6.84. The molecule has 144 valence electrons. The van der Waals surface area contributed by atoms with Gasteiger partial charge in [-0.05, 0) is 19.4 Å². The number of esters is 1. The van der Waals surface area contributed by atoms with E-state index in [4.69, 9.17) is 19.7 Å². The molecule has 7 heteroatoms. The summed E-state index contributed by atoms with van der Waals surface area (Å²) in [7, 11) is 0. The van der Waals surface area contributed by atoms with E-state index >= 15 is 0 Å². The molecule has 1 aromatic carbocycles. The minimum absolute atomic E-state index is 0.154. The molecule has 0 saturated carbocycles. The summed E-state index contributed by atoms with van der Waals surface area (Å²) >= 11 is 0. The quantitative estimate of drug-likeness (QED) is 0.219. The molecule has 0 amide bonds. The van der Waals surface area contributed by atoms with Crippen molar-refractivity contribution in [3.05, 3.63) is 70.6 Å². The fourth-order valence-corrected chi connectivity index (χ4v) is 2.67. The molecule has 3 atom stereocenters. The second kappa shape index (κ2) is 11.2. The van der Waals surface area contributed by atoms with Gasteiger partial charge in [-0.25, -0.2) is 0 Å². The number of nitrogens with zero attached hydrogens (tertiary/aromatic N) is 3. The lowest BCUT2D eigenvalue weighted by atomic mass is 10.1. The Hall–Kier alpha value is -2.60. The van der Waals surface area contributed by atoms with Crippen LogP contribution in [0, 0.1) is 0 Å². The van der Waals surface area contributed by atoms with Gasteiger partial charge in [-0.3, -0.25) is 4.79 Å². The number of hydrogen-bond donors (Lipinski definition) is 0. The van der Waals surface area contributed by atoms with Gasteiger partial charge in [0.25, 0.3) is 0 Å². The average Bonchev–Trinajstić information content (AvgIpc) is 2.64. The first-order valence-corrected chi connectivity index (χ1v) is 8.98. The number of benzene rings is 1. The maximum Gasteiger partial charge on any atom is 0.308 e. The Morgan fingerprint density at radius 2 is 2.11 bits per heavy atom. The predicted octanol–water partition coefficient (Wildman–Crippen LogP) is 4.62. The van der Waals surface area contributed by atoms with Crippen molar-refractivity contribution in [2.24, 2.45) is 5.11 Å². The third-order valence-corrected chi connectivity index (χ3v) is 3.77.